The van der Waals surface area contributed by atoms with Crippen LogP contribution in [0, 0.1) is 0 Å². The third-order valence-corrected chi connectivity index (χ3v) is 7.59. The molecular weight excluding hydrogens is 380 g/mol. The van der Waals surface area contributed by atoms with Gasteiger partial charge in [-0.05, 0) is 47.3 Å². The number of ether oxygens (including phenoxy) is 1. The zero-order valence-electron chi connectivity index (χ0n) is 13.2. The summed E-state index contributed by atoms with van der Waals surface area (Å²) in [6, 6.07) is 7.03. The van der Waals surface area contributed by atoms with E-state index >= 15 is 0 Å². The van der Waals surface area contributed by atoms with E-state index in [0.29, 0.717) is 28.6 Å². The maximum atomic E-state index is 12.8. The van der Waals surface area contributed by atoms with Crippen LogP contribution in [0.3, 0.4) is 0 Å². The first-order valence-electron chi connectivity index (χ1n) is 8.27. The van der Waals surface area contributed by atoms with Crippen molar-refractivity contribution in [3.63, 3.8) is 0 Å². The second-order valence-corrected chi connectivity index (χ2v) is 9.04. The first-order valence-corrected chi connectivity index (χ1v) is 10.5. The normalized spacial score (nSPS) is 24.7. The van der Waals surface area contributed by atoms with Gasteiger partial charge in [0, 0.05) is 11.1 Å². The van der Waals surface area contributed by atoms with Crippen molar-refractivity contribution in [2.24, 2.45) is 0 Å². The molecule has 5 nitrogen and oxygen atoms in total. The lowest BCUT2D eigenvalue weighted by Crippen LogP contribution is -3.15. The van der Waals surface area contributed by atoms with E-state index in [4.69, 9.17) is 4.74 Å². The van der Waals surface area contributed by atoms with E-state index < -0.39 is 10.0 Å². The van der Waals surface area contributed by atoms with Gasteiger partial charge in [-0.2, -0.15) is 4.31 Å². The Bertz CT molecular complexity index is 624. The molecular formula is C16H24BrN2O3S+. The lowest BCUT2D eigenvalue weighted by atomic mass is 10.1. The maximum Gasteiger partial charge on any atom is 0.244 e. The molecule has 0 unspecified atom stereocenters. The molecule has 3 rings (SSSR count). The van der Waals surface area contributed by atoms with Gasteiger partial charge >= 0.3 is 0 Å². The Kier molecular flexibility index (Phi) is 5.74. The molecule has 0 aliphatic carbocycles. The van der Waals surface area contributed by atoms with Crippen LogP contribution < -0.4 is 4.90 Å². The van der Waals surface area contributed by atoms with Gasteiger partial charge in [-0.15, -0.1) is 0 Å². The second-order valence-electron chi connectivity index (χ2n) is 6.28. The molecule has 0 saturated carbocycles. The van der Waals surface area contributed by atoms with Gasteiger partial charge < -0.3 is 9.64 Å². The van der Waals surface area contributed by atoms with E-state index in [1.165, 1.54) is 17.7 Å². The van der Waals surface area contributed by atoms with Crippen molar-refractivity contribution in [3.05, 3.63) is 28.7 Å². The highest BCUT2D eigenvalue weighted by atomic mass is 79.9. The fourth-order valence-electron chi connectivity index (χ4n) is 3.33. The van der Waals surface area contributed by atoms with E-state index in [-0.39, 0.29) is 0 Å². The van der Waals surface area contributed by atoms with E-state index in [1.54, 1.807) is 22.5 Å². The third-order valence-electron chi connectivity index (χ3n) is 4.67. The zero-order valence-corrected chi connectivity index (χ0v) is 15.6. The summed E-state index contributed by atoms with van der Waals surface area (Å²) in [5.74, 6) is 0. The molecule has 0 amide bonds. The van der Waals surface area contributed by atoms with Gasteiger partial charge in [0.25, 0.3) is 0 Å². The molecule has 2 heterocycles. The van der Waals surface area contributed by atoms with Crippen LogP contribution in [0.2, 0.25) is 0 Å². The molecule has 2 aliphatic rings. The summed E-state index contributed by atoms with van der Waals surface area (Å²) >= 11 is 3.35. The van der Waals surface area contributed by atoms with Gasteiger partial charge in [0.2, 0.25) is 10.0 Å². The van der Waals surface area contributed by atoms with Gasteiger partial charge in [0.05, 0.1) is 31.1 Å². The molecule has 128 valence electrons. The topological polar surface area (TPSA) is 51.0 Å². The van der Waals surface area contributed by atoms with Gasteiger partial charge in [-0.25, -0.2) is 8.42 Å². The fourth-order valence-corrected chi connectivity index (χ4v) is 5.74. The van der Waals surface area contributed by atoms with Crippen LogP contribution in [0.15, 0.2) is 33.6 Å². The van der Waals surface area contributed by atoms with Crippen molar-refractivity contribution in [1.29, 1.82) is 0 Å². The van der Waals surface area contributed by atoms with Crippen LogP contribution in [0.25, 0.3) is 0 Å². The molecule has 2 saturated heterocycles. The third kappa shape index (κ3) is 4.14. The number of benzene rings is 1. The van der Waals surface area contributed by atoms with Crippen molar-refractivity contribution in [3.8, 4) is 0 Å². The Hall–Kier alpha value is -0.470. The number of nitrogens with zero attached hydrogens (tertiary/aromatic N) is 1. The first kappa shape index (κ1) is 17.4. The molecule has 0 aromatic heterocycles. The Morgan fingerprint density at radius 2 is 1.96 bits per heavy atom. The summed E-state index contributed by atoms with van der Waals surface area (Å²) in [7, 11) is -3.41. The first-order chi connectivity index (χ1) is 11.1. The van der Waals surface area contributed by atoms with E-state index in [1.807, 2.05) is 6.07 Å². The minimum Gasteiger partial charge on any atom is -0.372 e. The average Bonchev–Trinajstić information content (AvgIpc) is 2.56. The zero-order chi connectivity index (χ0) is 16.3. The highest BCUT2D eigenvalue weighted by Crippen LogP contribution is 2.24. The van der Waals surface area contributed by atoms with Crippen molar-refractivity contribution in [2.75, 3.05) is 39.3 Å². The highest BCUT2D eigenvalue weighted by Gasteiger charge is 2.32. The van der Waals surface area contributed by atoms with Gasteiger partial charge in [0.1, 0.15) is 12.6 Å². The number of piperazine rings is 1. The van der Waals surface area contributed by atoms with Crippen molar-refractivity contribution in [2.45, 2.75) is 30.3 Å². The summed E-state index contributed by atoms with van der Waals surface area (Å²) in [6.07, 6.45) is 3.91. The predicted molar refractivity (Wildman–Crippen MR) is 92.1 cm³/mol. The fraction of sp³-hybridized carbons (Fsp3) is 0.625. The summed E-state index contributed by atoms with van der Waals surface area (Å²) in [5.41, 5.74) is 0. The van der Waals surface area contributed by atoms with Crippen molar-refractivity contribution < 1.29 is 18.1 Å². The van der Waals surface area contributed by atoms with Crippen molar-refractivity contribution in [1.82, 2.24) is 4.31 Å². The molecule has 0 bridgehead atoms. The van der Waals surface area contributed by atoms with Crippen LogP contribution >= 0.6 is 15.9 Å². The Morgan fingerprint density at radius 3 is 2.61 bits per heavy atom. The van der Waals surface area contributed by atoms with Crippen LogP contribution in [0.5, 0.6) is 0 Å². The molecule has 1 aromatic rings. The van der Waals surface area contributed by atoms with E-state index in [2.05, 4.69) is 15.9 Å². The van der Waals surface area contributed by atoms with Crippen LogP contribution in [-0.2, 0) is 14.8 Å². The predicted octanol–water partition coefficient (Wildman–Crippen LogP) is 0.907. The summed E-state index contributed by atoms with van der Waals surface area (Å²) < 4.78 is 33.6. The van der Waals surface area contributed by atoms with Crippen molar-refractivity contribution >= 4 is 26.0 Å². The smallest absolute Gasteiger partial charge is 0.244 e. The van der Waals surface area contributed by atoms with Gasteiger partial charge in [-0.3, -0.25) is 0 Å². The lowest BCUT2D eigenvalue weighted by Gasteiger charge is -2.34. The number of hydrogen-bond acceptors (Lipinski definition) is 3. The lowest BCUT2D eigenvalue weighted by molar-refractivity contribution is -0.907. The molecule has 2 fully saturated rings. The second kappa shape index (κ2) is 7.61. The number of hydrogen-bond donors (Lipinski definition) is 1. The molecule has 1 N–H and O–H groups in total. The molecule has 7 heteroatoms. The van der Waals surface area contributed by atoms with Crippen LogP contribution in [0.4, 0.5) is 0 Å². The Balaban J connectivity index is 1.59. The summed E-state index contributed by atoms with van der Waals surface area (Å²) in [5, 5.41) is 0. The number of nitrogens with one attached hydrogen (secondary N) is 1. The minimum atomic E-state index is -3.41. The SMILES string of the molecule is O=S(=O)(c1ccccc1Br)N1CC[NH+](C[C@@H]2CCCCO2)CC1. The van der Waals surface area contributed by atoms with E-state index in [0.717, 1.165) is 32.7 Å². The molecule has 2 aliphatic heterocycles. The minimum absolute atomic E-state index is 0.352. The summed E-state index contributed by atoms with van der Waals surface area (Å²) in [4.78, 5) is 1.81. The molecule has 1 aromatic carbocycles. The molecule has 0 spiro atoms. The monoisotopic (exact) mass is 403 g/mol. The summed E-state index contributed by atoms with van der Waals surface area (Å²) in [6.45, 7) is 4.73. The van der Waals surface area contributed by atoms with Crippen LogP contribution in [0.1, 0.15) is 19.3 Å². The molecule has 23 heavy (non-hydrogen) atoms. The standard InChI is InChI=1S/C16H23BrN2O3S/c17-15-6-1-2-7-16(15)23(20,21)19-10-8-18(9-11-19)13-14-5-3-4-12-22-14/h1-2,6-7,14H,3-5,8-13H2/p+1/t14-/m0/s1. The van der Waals surface area contributed by atoms with Gasteiger partial charge in [-0.1, -0.05) is 12.1 Å². The number of quaternary nitrogens is 1. The van der Waals surface area contributed by atoms with Crippen LogP contribution in [-0.4, -0.2) is 58.2 Å². The average molecular weight is 404 g/mol. The Labute approximate surface area is 146 Å². The number of rotatable bonds is 4. The number of sulfonamides is 1. The quantitative estimate of drug-likeness (QED) is 0.812. The van der Waals surface area contributed by atoms with E-state index in [9.17, 15) is 8.42 Å². The molecule has 0 radical (unpaired) electrons. The Morgan fingerprint density at radius 1 is 1.22 bits per heavy atom. The highest BCUT2D eigenvalue weighted by molar-refractivity contribution is 9.10. The van der Waals surface area contributed by atoms with Gasteiger partial charge in [0.15, 0.2) is 0 Å². The largest absolute Gasteiger partial charge is 0.372 e. The number of halogens is 1. The molecule has 1 atom stereocenters. The maximum absolute atomic E-state index is 12.8.